The maximum Gasteiger partial charge on any atom is 0.245 e. The van der Waals surface area contributed by atoms with E-state index >= 15 is 0 Å². The van der Waals surface area contributed by atoms with Gasteiger partial charge in [-0.05, 0) is 50.7 Å². The molecule has 1 unspecified atom stereocenters. The Morgan fingerprint density at radius 2 is 1.66 bits per heavy atom. The lowest BCUT2D eigenvalue weighted by Crippen LogP contribution is -2.55. The molecule has 15 heteroatoms. The average Bonchev–Trinajstić information content (AvgIpc) is 3.58. The zero-order valence-corrected chi connectivity index (χ0v) is 23.8. The lowest BCUT2D eigenvalue weighted by molar-refractivity contribution is -0.141. The fourth-order valence-corrected chi connectivity index (χ4v) is 5.69. The number of carbonyl (C=O) groups excluding carboxylic acids is 4. The van der Waals surface area contributed by atoms with Crippen molar-refractivity contribution in [1.82, 2.24) is 31.2 Å². The van der Waals surface area contributed by atoms with E-state index in [1.807, 2.05) is 24.3 Å². The molecule has 10 N–H and O–H groups in total. The summed E-state index contributed by atoms with van der Waals surface area (Å²) in [6.07, 6.45) is 2.51. The van der Waals surface area contributed by atoms with Crippen molar-refractivity contribution in [1.29, 1.82) is 10.8 Å². The Morgan fingerprint density at radius 3 is 2.27 bits per heavy atom. The minimum Gasteiger partial charge on any atom is -0.370 e. The van der Waals surface area contributed by atoms with Crippen molar-refractivity contribution in [3.8, 4) is 0 Å². The van der Waals surface area contributed by atoms with Crippen LogP contribution in [0.15, 0.2) is 24.3 Å². The quantitative estimate of drug-likeness (QED) is 0.0642. The maximum atomic E-state index is 13.5. The molecule has 0 saturated carbocycles. The molecule has 3 rings (SSSR count). The van der Waals surface area contributed by atoms with Gasteiger partial charge in [0.2, 0.25) is 23.5 Å². The highest BCUT2D eigenvalue weighted by Crippen LogP contribution is 2.24. The highest BCUT2D eigenvalue weighted by atomic mass is 32.1. The van der Waals surface area contributed by atoms with Crippen LogP contribution in [0.1, 0.15) is 55.3 Å². The van der Waals surface area contributed by atoms with Crippen LogP contribution < -0.4 is 32.7 Å². The van der Waals surface area contributed by atoms with E-state index in [1.54, 1.807) is 0 Å². The van der Waals surface area contributed by atoms with Crippen LogP contribution in [-0.2, 0) is 14.4 Å². The molecule has 1 saturated heterocycles. The molecule has 1 aliphatic rings. The van der Waals surface area contributed by atoms with Gasteiger partial charge in [-0.3, -0.25) is 30.0 Å². The van der Waals surface area contributed by atoms with Gasteiger partial charge in [0.05, 0.1) is 16.3 Å². The number of nitrogens with zero attached hydrogens (tertiary/aromatic N) is 2. The van der Waals surface area contributed by atoms with Gasteiger partial charge in [0, 0.05) is 26.6 Å². The van der Waals surface area contributed by atoms with Crippen LogP contribution >= 0.6 is 11.3 Å². The van der Waals surface area contributed by atoms with Crippen molar-refractivity contribution in [3.63, 3.8) is 0 Å². The molecule has 1 aromatic carbocycles. The first kappa shape index (κ1) is 31.3. The third-order valence-electron chi connectivity index (χ3n) is 6.62. The second-order valence-electron chi connectivity index (χ2n) is 9.82. The van der Waals surface area contributed by atoms with Crippen LogP contribution in [-0.4, -0.2) is 83.1 Å². The summed E-state index contributed by atoms with van der Waals surface area (Å²) in [5.41, 5.74) is 11.4. The third-order valence-corrected chi connectivity index (χ3v) is 7.67. The number of nitrogens with one attached hydrogen (secondary N) is 6. The van der Waals surface area contributed by atoms with Gasteiger partial charge in [0.25, 0.3) is 0 Å². The molecule has 1 aromatic heterocycles. The molecule has 0 spiro atoms. The summed E-state index contributed by atoms with van der Waals surface area (Å²) in [4.78, 5) is 58.2. The van der Waals surface area contributed by atoms with Gasteiger partial charge in [0.15, 0.2) is 16.9 Å². The molecule has 2 heterocycles. The highest BCUT2D eigenvalue weighted by Gasteiger charge is 2.38. The summed E-state index contributed by atoms with van der Waals surface area (Å²) in [7, 11) is 0. The summed E-state index contributed by atoms with van der Waals surface area (Å²) in [6, 6.07) is 4.86. The normalized spacial score (nSPS) is 16.0. The number of fused-ring (bicyclic) bond motifs is 1. The summed E-state index contributed by atoms with van der Waals surface area (Å²) in [6.45, 7) is 2.37. The predicted molar refractivity (Wildman–Crippen MR) is 157 cm³/mol. The van der Waals surface area contributed by atoms with E-state index in [4.69, 9.17) is 22.3 Å². The summed E-state index contributed by atoms with van der Waals surface area (Å²) in [5.74, 6) is -1.89. The van der Waals surface area contributed by atoms with Crippen molar-refractivity contribution in [2.45, 2.75) is 63.6 Å². The number of ketones is 1. The van der Waals surface area contributed by atoms with Crippen LogP contribution in [0.25, 0.3) is 10.2 Å². The van der Waals surface area contributed by atoms with Gasteiger partial charge in [0.1, 0.15) is 12.1 Å². The van der Waals surface area contributed by atoms with Crippen molar-refractivity contribution in [2.75, 3.05) is 19.6 Å². The van der Waals surface area contributed by atoms with Gasteiger partial charge in [-0.15, -0.1) is 11.3 Å². The molecule has 0 bridgehead atoms. The number of carbonyl (C=O) groups is 4. The number of nitrogens with two attached hydrogens (primary N) is 2. The lowest BCUT2D eigenvalue weighted by Gasteiger charge is -2.29. The molecule has 0 radical (unpaired) electrons. The molecular formula is C26H38N10O4S. The smallest absolute Gasteiger partial charge is 0.245 e. The first-order chi connectivity index (χ1) is 19.6. The molecule has 222 valence electrons. The fraction of sp³-hybridized carbons (Fsp3) is 0.500. The minimum absolute atomic E-state index is 0.185. The van der Waals surface area contributed by atoms with Crippen molar-refractivity contribution >= 4 is 57.0 Å². The number of aromatic nitrogens is 1. The summed E-state index contributed by atoms with van der Waals surface area (Å²) < 4.78 is 0.856. The Hall–Kier alpha value is -4.27. The number of likely N-dealkylation sites (tertiary alicyclic amines) is 1. The second-order valence-corrected chi connectivity index (χ2v) is 10.9. The monoisotopic (exact) mass is 586 g/mol. The zero-order valence-electron chi connectivity index (χ0n) is 23.0. The van der Waals surface area contributed by atoms with Gasteiger partial charge in [-0.1, -0.05) is 12.1 Å². The highest BCUT2D eigenvalue weighted by molar-refractivity contribution is 7.20. The van der Waals surface area contributed by atoms with Crippen molar-refractivity contribution < 1.29 is 19.2 Å². The fourth-order valence-electron chi connectivity index (χ4n) is 4.73. The van der Waals surface area contributed by atoms with E-state index in [1.165, 1.54) is 23.2 Å². The standard InChI is InChI=1S/C26H38N10O4S/c1-15(37)33-18(9-5-13-32-26(29)30)24(40)36-14-6-10-19(36)22(39)34-17(8-4-12-31-25(27)28)21(38)23-35-16-7-2-3-11-20(16)41-23/h2-3,7,11,17-19H,4-6,8-10,12-14H2,1H3,(H,33,37)(H,34,39)(H4,27,28,31)(H4,29,30,32)/t17?,18-,19+/m1/s1. The molecule has 3 amide bonds. The Balaban J connectivity index is 1.73. The molecule has 0 aliphatic carbocycles. The summed E-state index contributed by atoms with van der Waals surface area (Å²) in [5, 5.41) is 25.8. The molecular weight excluding hydrogens is 548 g/mol. The molecule has 1 aliphatic heterocycles. The molecule has 14 nitrogen and oxygen atoms in total. The van der Waals surface area contributed by atoms with Crippen LogP contribution in [0.2, 0.25) is 0 Å². The van der Waals surface area contributed by atoms with Gasteiger partial charge in [-0.2, -0.15) is 0 Å². The van der Waals surface area contributed by atoms with Crippen LogP contribution in [0, 0.1) is 10.8 Å². The number of thiazole rings is 1. The van der Waals surface area contributed by atoms with Crippen molar-refractivity contribution in [2.24, 2.45) is 11.5 Å². The number of rotatable bonds is 14. The Morgan fingerprint density at radius 1 is 1.02 bits per heavy atom. The number of hydrogen-bond donors (Lipinski definition) is 8. The topological polar surface area (TPSA) is 232 Å². The molecule has 3 atom stereocenters. The lowest BCUT2D eigenvalue weighted by atomic mass is 10.0. The maximum absolute atomic E-state index is 13.5. The van der Waals surface area contributed by atoms with Crippen molar-refractivity contribution in [3.05, 3.63) is 29.3 Å². The van der Waals surface area contributed by atoms with E-state index in [0.29, 0.717) is 57.3 Å². The van der Waals surface area contributed by atoms with E-state index in [-0.39, 0.29) is 40.9 Å². The van der Waals surface area contributed by atoms with Crippen LogP contribution in [0.4, 0.5) is 0 Å². The van der Waals surface area contributed by atoms with Crippen LogP contribution in [0.3, 0.4) is 0 Å². The van der Waals surface area contributed by atoms with E-state index in [2.05, 4.69) is 26.3 Å². The second kappa shape index (κ2) is 14.9. The largest absolute Gasteiger partial charge is 0.370 e. The van der Waals surface area contributed by atoms with Gasteiger partial charge in [-0.25, -0.2) is 4.98 Å². The number of guanidine groups is 2. The minimum atomic E-state index is -0.891. The number of Topliss-reactive ketones (excluding diaryl/α,β-unsaturated/α-hetero) is 1. The first-order valence-electron chi connectivity index (χ1n) is 13.5. The molecule has 41 heavy (non-hydrogen) atoms. The molecule has 1 fully saturated rings. The van der Waals surface area contributed by atoms with E-state index < -0.39 is 24.0 Å². The number of amides is 3. The van der Waals surface area contributed by atoms with E-state index in [9.17, 15) is 19.2 Å². The zero-order chi connectivity index (χ0) is 29.9. The first-order valence-corrected chi connectivity index (χ1v) is 14.3. The molecule has 2 aromatic rings. The number of benzene rings is 1. The SMILES string of the molecule is CC(=O)N[C@H](CCCNC(=N)N)C(=O)N1CCC[C@H]1C(=O)NC(CCCNC(=N)N)C(=O)c1nc2ccccc2s1. The third kappa shape index (κ3) is 9.13. The van der Waals surface area contributed by atoms with Gasteiger partial charge >= 0.3 is 0 Å². The summed E-state index contributed by atoms with van der Waals surface area (Å²) >= 11 is 1.25. The number of para-hydroxylation sites is 1. The Bertz CT molecular complexity index is 1250. The number of hydrogen-bond acceptors (Lipinski definition) is 8. The Kier molecular flexibility index (Phi) is 11.4. The van der Waals surface area contributed by atoms with Crippen LogP contribution in [0.5, 0.6) is 0 Å². The van der Waals surface area contributed by atoms with E-state index in [0.717, 1.165) is 4.70 Å². The Labute approximate surface area is 242 Å². The van der Waals surface area contributed by atoms with Gasteiger partial charge < -0.3 is 37.6 Å². The average molecular weight is 587 g/mol. The predicted octanol–water partition coefficient (Wildman–Crippen LogP) is -0.0140.